The first kappa shape index (κ1) is 17.7. The average molecular weight is 417 g/mol. The summed E-state index contributed by atoms with van der Waals surface area (Å²) in [7, 11) is 1.70. The summed E-state index contributed by atoms with van der Waals surface area (Å²) >= 11 is 3.58. The van der Waals surface area contributed by atoms with E-state index in [1.54, 1.807) is 7.11 Å². The number of rotatable bonds is 6. The Labute approximate surface area is 163 Å². The number of nitrogens with one attached hydrogen (secondary N) is 1. The lowest BCUT2D eigenvalue weighted by Gasteiger charge is -2.33. The predicted octanol–water partition coefficient (Wildman–Crippen LogP) is 4.20. The van der Waals surface area contributed by atoms with Crippen LogP contribution in [0.4, 0.5) is 5.82 Å². The van der Waals surface area contributed by atoms with E-state index in [2.05, 4.69) is 43.3 Å². The zero-order valence-electron chi connectivity index (χ0n) is 15.1. The molecule has 1 aromatic heterocycles. The molecule has 4 rings (SSSR count). The van der Waals surface area contributed by atoms with Crippen LogP contribution in [0.1, 0.15) is 43.0 Å². The number of nitrogens with zero attached hydrogens (tertiary/aromatic N) is 3. The number of likely N-dealkylation sites (tertiary alicyclic amines) is 1. The number of hydrogen-bond donors (Lipinski definition) is 1. The number of ether oxygens (including phenoxy) is 1. The van der Waals surface area contributed by atoms with E-state index >= 15 is 0 Å². The molecular formula is C20H25BrN4O. The summed E-state index contributed by atoms with van der Waals surface area (Å²) in [5.41, 5.74) is 1.30. The van der Waals surface area contributed by atoms with Crippen molar-refractivity contribution in [3.8, 4) is 5.75 Å². The molecule has 6 heteroatoms. The number of piperidine rings is 1. The average Bonchev–Trinajstić information content (AvgIpc) is 3.48. The van der Waals surface area contributed by atoms with Crippen molar-refractivity contribution in [3.63, 3.8) is 0 Å². The molecule has 1 aliphatic carbocycles. The SMILES string of the molecule is COc1ccc(CN2CCCC(Nc3ccnc(C4CC4)n3)C2)cc1Br. The number of halogens is 1. The quantitative estimate of drug-likeness (QED) is 0.764. The van der Waals surface area contributed by atoms with Gasteiger partial charge in [-0.25, -0.2) is 9.97 Å². The van der Waals surface area contributed by atoms with Gasteiger partial charge in [-0.3, -0.25) is 4.90 Å². The second-order valence-corrected chi connectivity index (χ2v) is 8.12. The van der Waals surface area contributed by atoms with Gasteiger partial charge in [-0.1, -0.05) is 6.07 Å². The Balaban J connectivity index is 1.36. The Kier molecular flexibility index (Phi) is 5.41. The van der Waals surface area contributed by atoms with Gasteiger partial charge in [0.25, 0.3) is 0 Å². The molecule has 0 radical (unpaired) electrons. The first-order valence-corrected chi connectivity index (χ1v) is 10.1. The van der Waals surface area contributed by atoms with Crippen molar-refractivity contribution < 1.29 is 4.74 Å². The predicted molar refractivity (Wildman–Crippen MR) is 107 cm³/mol. The molecule has 1 saturated carbocycles. The van der Waals surface area contributed by atoms with E-state index < -0.39 is 0 Å². The van der Waals surface area contributed by atoms with Crippen molar-refractivity contribution in [1.82, 2.24) is 14.9 Å². The lowest BCUT2D eigenvalue weighted by atomic mass is 10.0. The molecular weight excluding hydrogens is 392 g/mol. The van der Waals surface area contributed by atoms with Gasteiger partial charge in [0.15, 0.2) is 0 Å². The van der Waals surface area contributed by atoms with Gasteiger partial charge in [-0.2, -0.15) is 0 Å². The van der Waals surface area contributed by atoms with Crippen molar-refractivity contribution in [3.05, 3.63) is 46.3 Å². The summed E-state index contributed by atoms with van der Waals surface area (Å²) < 4.78 is 6.33. The Morgan fingerprint density at radius 3 is 2.92 bits per heavy atom. The van der Waals surface area contributed by atoms with Crippen LogP contribution < -0.4 is 10.1 Å². The van der Waals surface area contributed by atoms with Gasteiger partial charge < -0.3 is 10.1 Å². The molecule has 0 amide bonds. The fourth-order valence-corrected chi connectivity index (χ4v) is 4.17. The molecule has 2 aromatic rings. The van der Waals surface area contributed by atoms with Crippen LogP contribution >= 0.6 is 15.9 Å². The van der Waals surface area contributed by atoms with Gasteiger partial charge in [0.2, 0.25) is 0 Å². The van der Waals surface area contributed by atoms with Crippen molar-refractivity contribution in [1.29, 1.82) is 0 Å². The highest BCUT2D eigenvalue weighted by Gasteiger charge is 2.27. The third-order valence-corrected chi connectivity index (χ3v) is 5.72. The number of benzene rings is 1. The van der Waals surface area contributed by atoms with Gasteiger partial charge in [-0.05, 0) is 71.9 Å². The fraction of sp³-hybridized carbons (Fsp3) is 0.500. The van der Waals surface area contributed by atoms with Crippen LogP contribution in [0.15, 0.2) is 34.9 Å². The number of aromatic nitrogens is 2. The minimum absolute atomic E-state index is 0.437. The molecule has 1 atom stereocenters. The van der Waals surface area contributed by atoms with Crippen LogP contribution in [-0.2, 0) is 6.54 Å². The number of methoxy groups -OCH3 is 1. The Bertz CT molecular complexity index is 765. The maximum Gasteiger partial charge on any atom is 0.133 e. The van der Waals surface area contributed by atoms with E-state index in [0.29, 0.717) is 12.0 Å². The molecule has 26 heavy (non-hydrogen) atoms. The van der Waals surface area contributed by atoms with E-state index in [1.807, 2.05) is 18.3 Å². The lowest BCUT2D eigenvalue weighted by Crippen LogP contribution is -2.41. The summed E-state index contributed by atoms with van der Waals surface area (Å²) in [6.45, 7) is 3.13. The number of anilines is 1. The topological polar surface area (TPSA) is 50.3 Å². The summed E-state index contributed by atoms with van der Waals surface area (Å²) in [4.78, 5) is 11.6. The van der Waals surface area contributed by atoms with Crippen molar-refractivity contribution in [2.24, 2.45) is 0 Å². The van der Waals surface area contributed by atoms with Crippen LogP contribution in [0, 0.1) is 0 Å². The molecule has 2 aliphatic rings. The second-order valence-electron chi connectivity index (χ2n) is 7.26. The van der Waals surface area contributed by atoms with E-state index in [4.69, 9.17) is 9.72 Å². The van der Waals surface area contributed by atoms with E-state index in [1.165, 1.54) is 31.2 Å². The molecule has 0 spiro atoms. The zero-order chi connectivity index (χ0) is 17.9. The third kappa shape index (κ3) is 4.35. The minimum atomic E-state index is 0.437. The van der Waals surface area contributed by atoms with Crippen LogP contribution in [0.2, 0.25) is 0 Å². The van der Waals surface area contributed by atoms with Crippen LogP contribution in [0.25, 0.3) is 0 Å². The van der Waals surface area contributed by atoms with Crippen molar-refractivity contribution in [2.45, 2.75) is 44.2 Å². The first-order valence-electron chi connectivity index (χ1n) is 9.35. The Morgan fingerprint density at radius 2 is 2.15 bits per heavy atom. The maximum absolute atomic E-state index is 5.32. The molecule has 1 N–H and O–H groups in total. The number of hydrogen-bond acceptors (Lipinski definition) is 5. The van der Waals surface area contributed by atoms with Gasteiger partial charge in [0.1, 0.15) is 17.4 Å². The monoisotopic (exact) mass is 416 g/mol. The summed E-state index contributed by atoms with van der Waals surface area (Å²) in [5.74, 6) is 3.45. The third-order valence-electron chi connectivity index (χ3n) is 5.10. The van der Waals surface area contributed by atoms with Crippen LogP contribution in [-0.4, -0.2) is 41.1 Å². The van der Waals surface area contributed by atoms with Gasteiger partial charge in [0, 0.05) is 31.2 Å². The molecule has 1 aromatic carbocycles. The van der Waals surface area contributed by atoms with Gasteiger partial charge in [-0.15, -0.1) is 0 Å². The fourth-order valence-electron chi connectivity index (χ4n) is 3.58. The normalized spacial score (nSPS) is 20.8. The van der Waals surface area contributed by atoms with E-state index in [9.17, 15) is 0 Å². The lowest BCUT2D eigenvalue weighted by molar-refractivity contribution is 0.208. The van der Waals surface area contributed by atoms with Crippen LogP contribution in [0.3, 0.4) is 0 Å². The van der Waals surface area contributed by atoms with Crippen LogP contribution in [0.5, 0.6) is 5.75 Å². The summed E-state index contributed by atoms with van der Waals surface area (Å²) in [6, 6.07) is 8.76. The summed E-state index contributed by atoms with van der Waals surface area (Å²) in [5, 5.41) is 3.63. The largest absolute Gasteiger partial charge is 0.496 e. The summed E-state index contributed by atoms with van der Waals surface area (Å²) in [6.07, 6.45) is 6.75. The Morgan fingerprint density at radius 1 is 1.27 bits per heavy atom. The molecule has 2 fully saturated rings. The van der Waals surface area contributed by atoms with Gasteiger partial charge in [0.05, 0.1) is 11.6 Å². The maximum atomic E-state index is 5.32. The smallest absolute Gasteiger partial charge is 0.133 e. The first-order chi connectivity index (χ1) is 12.7. The van der Waals surface area contributed by atoms with Gasteiger partial charge >= 0.3 is 0 Å². The van der Waals surface area contributed by atoms with Crippen molar-refractivity contribution in [2.75, 3.05) is 25.5 Å². The standard InChI is InChI=1S/C20H25BrN4O/c1-26-18-7-4-14(11-17(18)21)12-25-10-2-3-16(13-25)23-19-8-9-22-20(24-19)15-5-6-15/h4,7-9,11,15-16H,2-3,5-6,10,12-13H2,1H3,(H,22,23,24). The molecule has 2 heterocycles. The zero-order valence-corrected chi connectivity index (χ0v) is 16.7. The highest BCUT2D eigenvalue weighted by Crippen LogP contribution is 2.38. The Hall–Kier alpha value is -1.66. The molecule has 1 unspecified atom stereocenters. The molecule has 1 aliphatic heterocycles. The molecule has 0 bridgehead atoms. The molecule has 138 valence electrons. The van der Waals surface area contributed by atoms with E-state index in [-0.39, 0.29) is 0 Å². The second kappa shape index (κ2) is 7.92. The van der Waals surface area contributed by atoms with E-state index in [0.717, 1.165) is 41.5 Å². The highest BCUT2D eigenvalue weighted by atomic mass is 79.9. The highest BCUT2D eigenvalue weighted by molar-refractivity contribution is 9.10. The minimum Gasteiger partial charge on any atom is -0.496 e. The molecule has 5 nitrogen and oxygen atoms in total. The van der Waals surface area contributed by atoms with Crippen molar-refractivity contribution >= 4 is 21.7 Å². The molecule has 1 saturated heterocycles.